The number of para-hydroxylation sites is 1. The van der Waals surface area contributed by atoms with Crippen LogP contribution in [0.2, 0.25) is 0 Å². The molecule has 1 aromatic carbocycles. The highest BCUT2D eigenvalue weighted by atomic mass is 16.6. The number of hydrogen-bond acceptors (Lipinski definition) is 7. The van der Waals surface area contributed by atoms with Gasteiger partial charge in [-0.2, -0.15) is 0 Å². The smallest absolute Gasteiger partial charge is 0.410 e. The first kappa shape index (κ1) is 19.7. The van der Waals surface area contributed by atoms with Crippen LogP contribution in [0, 0.1) is 0 Å². The van der Waals surface area contributed by atoms with Crippen molar-refractivity contribution in [3.05, 3.63) is 23.8 Å². The minimum atomic E-state index is -0.480. The van der Waals surface area contributed by atoms with Crippen LogP contribution in [0.5, 0.6) is 11.5 Å². The molecule has 1 N–H and O–H groups in total. The normalized spacial score (nSPS) is 21.2. The summed E-state index contributed by atoms with van der Waals surface area (Å²) in [6.45, 7) is 10.3. The maximum absolute atomic E-state index is 12.4. The van der Waals surface area contributed by atoms with Crippen LogP contribution in [0.25, 0.3) is 0 Å². The molecule has 0 aliphatic carbocycles. The van der Waals surface area contributed by atoms with Gasteiger partial charge in [0.1, 0.15) is 5.60 Å². The van der Waals surface area contributed by atoms with Gasteiger partial charge >= 0.3 is 6.09 Å². The number of nitrogens with one attached hydrogen (secondary N) is 1. The van der Waals surface area contributed by atoms with Gasteiger partial charge in [-0.15, -0.1) is 0 Å². The van der Waals surface area contributed by atoms with E-state index in [0.29, 0.717) is 39.4 Å². The quantitative estimate of drug-likeness (QED) is 0.818. The zero-order valence-corrected chi connectivity index (χ0v) is 17.4. The van der Waals surface area contributed by atoms with Gasteiger partial charge in [-0.3, -0.25) is 4.99 Å². The van der Waals surface area contributed by atoms with E-state index in [9.17, 15) is 4.79 Å². The number of benzene rings is 1. The lowest BCUT2D eigenvalue weighted by Crippen LogP contribution is -2.57. The van der Waals surface area contributed by atoms with E-state index in [2.05, 4.69) is 15.2 Å². The summed E-state index contributed by atoms with van der Waals surface area (Å²) in [5.41, 5.74) is 0.579. The molecular formula is C21H30N4O4. The predicted molar refractivity (Wildman–Crippen MR) is 109 cm³/mol. The average Bonchev–Trinajstić information content (AvgIpc) is 2.91. The monoisotopic (exact) mass is 402 g/mol. The molecule has 1 fully saturated rings. The minimum Gasteiger partial charge on any atom is -0.490 e. The first-order chi connectivity index (χ1) is 13.9. The van der Waals surface area contributed by atoms with Crippen molar-refractivity contribution in [2.24, 2.45) is 4.99 Å². The molecule has 1 amide bonds. The van der Waals surface area contributed by atoms with Crippen LogP contribution in [0.4, 0.5) is 4.79 Å². The van der Waals surface area contributed by atoms with Crippen LogP contribution in [0.3, 0.4) is 0 Å². The molecule has 0 radical (unpaired) electrons. The number of ether oxygens (including phenoxy) is 3. The van der Waals surface area contributed by atoms with Crippen molar-refractivity contribution in [3.63, 3.8) is 0 Å². The predicted octanol–water partition coefficient (Wildman–Crippen LogP) is 2.23. The van der Waals surface area contributed by atoms with E-state index in [1.807, 2.05) is 39.0 Å². The van der Waals surface area contributed by atoms with E-state index in [4.69, 9.17) is 14.2 Å². The third-order valence-electron chi connectivity index (χ3n) is 5.15. The fourth-order valence-electron chi connectivity index (χ4n) is 3.79. The Labute approximate surface area is 171 Å². The fourth-order valence-corrected chi connectivity index (χ4v) is 3.79. The Morgan fingerprint density at radius 1 is 1.28 bits per heavy atom. The molecule has 4 rings (SSSR count). The van der Waals surface area contributed by atoms with Gasteiger partial charge in [0.05, 0.1) is 25.8 Å². The number of aliphatic imine (C=N–C) groups is 1. The lowest BCUT2D eigenvalue weighted by Gasteiger charge is -2.39. The van der Waals surface area contributed by atoms with Crippen molar-refractivity contribution < 1.29 is 19.0 Å². The standard InChI is InChI=1S/C21H30N4O4/c1-21(2,3)29-20(26)24-8-9-25-16(14-24)13-23-19(25)22-12-15-6-4-7-17-18(15)28-11-5-10-27-17/h4,6-7,16H,5,8-14H2,1-3H3,(H,22,23). The third-order valence-corrected chi connectivity index (χ3v) is 5.15. The number of amides is 1. The molecule has 1 atom stereocenters. The molecule has 3 aliphatic heterocycles. The number of hydrogen-bond donors (Lipinski definition) is 1. The first-order valence-electron chi connectivity index (χ1n) is 10.3. The van der Waals surface area contributed by atoms with Crippen molar-refractivity contribution in [1.29, 1.82) is 0 Å². The van der Waals surface area contributed by atoms with Crippen LogP contribution in [-0.2, 0) is 11.3 Å². The van der Waals surface area contributed by atoms with Gasteiger partial charge in [0.2, 0.25) is 0 Å². The third kappa shape index (κ3) is 4.52. The lowest BCUT2D eigenvalue weighted by molar-refractivity contribution is 0.0137. The van der Waals surface area contributed by atoms with E-state index in [0.717, 1.165) is 36.0 Å². The number of carbonyl (C=O) groups excluding carboxylic acids is 1. The van der Waals surface area contributed by atoms with Gasteiger partial charge in [0.15, 0.2) is 17.5 Å². The van der Waals surface area contributed by atoms with Crippen molar-refractivity contribution >= 4 is 12.1 Å². The highest BCUT2D eigenvalue weighted by molar-refractivity contribution is 5.82. The van der Waals surface area contributed by atoms with Gasteiger partial charge in [-0.05, 0) is 26.8 Å². The number of guanidine groups is 1. The zero-order valence-electron chi connectivity index (χ0n) is 17.4. The summed E-state index contributed by atoms with van der Waals surface area (Å²) < 4.78 is 17.2. The molecule has 158 valence electrons. The van der Waals surface area contributed by atoms with Crippen molar-refractivity contribution in [3.8, 4) is 11.5 Å². The summed E-state index contributed by atoms with van der Waals surface area (Å²) in [6, 6.07) is 6.17. The average molecular weight is 402 g/mol. The zero-order chi connectivity index (χ0) is 20.4. The summed E-state index contributed by atoms with van der Waals surface area (Å²) >= 11 is 0. The molecule has 0 saturated carbocycles. The Balaban J connectivity index is 1.34. The molecule has 1 unspecified atom stereocenters. The molecule has 8 heteroatoms. The highest BCUT2D eigenvalue weighted by Gasteiger charge is 2.36. The minimum absolute atomic E-state index is 0.186. The van der Waals surface area contributed by atoms with Crippen molar-refractivity contribution in [1.82, 2.24) is 15.1 Å². The SMILES string of the molecule is CC(C)(C)OC(=O)N1CCN2C(NCc3cccc4c3OCCCO4)=NCC2C1. The van der Waals surface area contributed by atoms with Gasteiger partial charge in [-0.1, -0.05) is 12.1 Å². The Hall–Kier alpha value is -2.64. The molecular weight excluding hydrogens is 372 g/mol. The lowest BCUT2D eigenvalue weighted by atomic mass is 10.1. The van der Waals surface area contributed by atoms with Gasteiger partial charge < -0.3 is 29.3 Å². The summed E-state index contributed by atoms with van der Waals surface area (Å²) in [6.07, 6.45) is 0.639. The van der Waals surface area contributed by atoms with E-state index >= 15 is 0 Å². The molecule has 1 aromatic rings. The summed E-state index contributed by atoms with van der Waals surface area (Å²) in [5.74, 6) is 2.51. The van der Waals surface area contributed by atoms with Crippen LogP contribution >= 0.6 is 0 Å². The Bertz CT molecular complexity index is 789. The van der Waals surface area contributed by atoms with Crippen molar-refractivity contribution in [2.45, 2.75) is 45.4 Å². The number of nitrogens with zero attached hydrogens (tertiary/aromatic N) is 3. The second-order valence-electron chi connectivity index (χ2n) is 8.59. The van der Waals surface area contributed by atoms with Gasteiger partial charge in [-0.25, -0.2) is 4.79 Å². The van der Waals surface area contributed by atoms with E-state index in [1.165, 1.54) is 0 Å². The molecule has 3 heterocycles. The second-order valence-corrected chi connectivity index (χ2v) is 8.59. The fraction of sp³-hybridized carbons (Fsp3) is 0.619. The van der Waals surface area contributed by atoms with Gasteiger partial charge in [0.25, 0.3) is 0 Å². The van der Waals surface area contributed by atoms with Gasteiger partial charge in [0, 0.05) is 38.2 Å². The van der Waals surface area contributed by atoms with E-state index < -0.39 is 5.60 Å². The molecule has 29 heavy (non-hydrogen) atoms. The maximum Gasteiger partial charge on any atom is 0.410 e. The maximum atomic E-state index is 12.4. The summed E-state index contributed by atoms with van der Waals surface area (Å²) in [5, 5.41) is 3.46. The summed E-state index contributed by atoms with van der Waals surface area (Å²) in [7, 11) is 0. The first-order valence-corrected chi connectivity index (χ1v) is 10.3. The van der Waals surface area contributed by atoms with Crippen LogP contribution in [0.1, 0.15) is 32.8 Å². The molecule has 0 aromatic heterocycles. The number of piperazine rings is 1. The molecule has 0 bridgehead atoms. The largest absolute Gasteiger partial charge is 0.490 e. The summed E-state index contributed by atoms with van der Waals surface area (Å²) in [4.78, 5) is 21.1. The van der Waals surface area contributed by atoms with Crippen LogP contribution in [0.15, 0.2) is 23.2 Å². The Morgan fingerprint density at radius 2 is 2.10 bits per heavy atom. The molecule has 3 aliphatic rings. The molecule has 1 saturated heterocycles. The number of fused-ring (bicyclic) bond motifs is 2. The topological polar surface area (TPSA) is 75.6 Å². The van der Waals surface area contributed by atoms with E-state index in [-0.39, 0.29) is 12.1 Å². The van der Waals surface area contributed by atoms with Crippen LogP contribution in [-0.4, -0.2) is 72.9 Å². The molecule has 0 spiro atoms. The van der Waals surface area contributed by atoms with Crippen molar-refractivity contribution in [2.75, 3.05) is 39.4 Å². The van der Waals surface area contributed by atoms with Crippen LogP contribution < -0.4 is 14.8 Å². The Kier molecular flexibility index (Phi) is 5.43. The second kappa shape index (κ2) is 8.00. The van der Waals surface area contributed by atoms with E-state index in [1.54, 1.807) is 4.90 Å². The molecule has 8 nitrogen and oxygen atoms in total. The highest BCUT2D eigenvalue weighted by Crippen LogP contribution is 2.33. The Morgan fingerprint density at radius 3 is 2.93 bits per heavy atom. The number of rotatable bonds is 2. The number of carbonyl (C=O) groups is 1.